The second kappa shape index (κ2) is 5.78. The van der Waals surface area contributed by atoms with Crippen LogP contribution in [0.1, 0.15) is 29.3 Å². The number of nitrogens with one attached hydrogen (secondary N) is 1. The lowest BCUT2D eigenvalue weighted by Crippen LogP contribution is -2.47. The summed E-state index contributed by atoms with van der Waals surface area (Å²) in [4.78, 5) is 11.1. The Labute approximate surface area is 110 Å². The number of alkyl halides is 5. The average molecular weight is 301 g/mol. The molecule has 1 aromatic rings. The van der Waals surface area contributed by atoms with Gasteiger partial charge in [-0.3, -0.25) is 0 Å². The van der Waals surface area contributed by atoms with E-state index in [9.17, 15) is 26.7 Å². The zero-order valence-corrected chi connectivity index (χ0v) is 10.6. The quantitative estimate of drug-likeness (QED) is 0.671. The highest BCUT2D eigenvalue weighted by atomic mass is 19.4. The van der Waals surface area contributed by atoms with Crippen LogP contribution in [0.15, 0.2) is 16.5 Å². The van der Waals surface area contributed by atoms with Crippen molar-refractivity contribution in [2.45, 2.75) is 25.1 Å². The van der Waals surface area contributed by atoms with Crippen molar-refractivity contribution in [2.75, 3.05) is 13.7 Å². The maximum atomic E-state index is 13.4. The summed E-state index contributed by atoms with van der Waals surface area (Å²) in [5.41, 5.74) is 0. The van der Waals surface area contributed by atoms with E-state index >= 15 is 0 Å². The van der Waals surface area contributed by atoms with Crippen molar-refractivity contribution >= 4 is 5.97 Å². The van der Waals surface area contributed by atoms with Crippen LogP contribution >= 0.6 is 0 Å². The molecule has 0 aliphatic rings. The molecular formula is C11H12F5NO3. The normalized spacial score (nSPS) is 14.2. The van der Waals surface area contributed by atoms with Crippen LogP contribution in [0.4, 0.5) is 22.0 Å². The van der Waals surface area contributed by atoms with E-state index in [-0.39, 0.29) is 6.54 Å². The molecule has 9 heteroatoms. The van der Waals surface area contributed by atoms with Crippen molar-refractivity contribution in [3.8, 4) is 0 Å². The number of hydrogen-bond acceptors (Lipinski definition) is 4. The van der Waals surface area contributed by atoms with Gasteiger partial charge in [0.2, 0.25) is 5.76 Å². The highest BCUT2D eigenvalue weighted by molar-refractivity contribution is 5.86. The summed E-state index contributed by atoms with van der Waals surface area (Å²) in [6.45, 7) is 1.22. The number of carbonyl (C=O) groups excluding carboxylic acids is 1. The van der Waals surface area contributed by atoms with Crippen molar-refractivity contribution in [1.82, 2.24) is 5.32 Å². The molecule has 0 aromatic carbocycles. The second-order valence-corrected chi connectivity index (χ2v) is 3.81. The Hall–Kier alpha value is -1.64. The molecule has 0 radical (unpaired) electrons. The molecule has 0 saturated heterocycles. The minimum absolute atomic E-state index is 0.148. The third-order valence-electron chi connectivity index (χ3n) is 2.45. The molecule has 1 unspecified atom stereocenters. The summed E-state index contributed by atoms with van der Waals surface area (Å²) >= 11 is 0. The number of methoxy groups -OCH3 is 1. The summed E-state index contributed by atoms with van der Waals surface area (Å²) in [6, 6.07) is -0.581. The molecule has 1 atom stereocenters. The summed E-state index contributed by atoms with van der Waals surface area (Å²) in [5.74, 6) is -7.17. The Balaban J connectivity index is 3.15. The SMILES string of the molecule is CCNC(c1ccc(C(=O)OC)o1)C(F)(F)C(F)(F)F. The topological polar surface area (TPSA) is 51.5 Å². The molecule has 1 heterocycles. The Morgan fingerprint density at radius 2 is 1.95 bits per heavy atom. The van der Waals surface area contributed by atoms with Gasteiger partial charge < -0.3 is 14.5 Å². The molecule has 114 valence electrons. The Kier molecular flexibility index (Phi) is 4.74. The van der Waals surface area contributed by atoms with Crippen LogP contribution in [0.5, 0.6) is 0 Å². The molecule has 1 aromatic heterocycles. The molecule has 0 saturated carbocycles. The van der Waals surface area contributed by atoms with Gasteiger partial charge in [-0.05, 0) is 18.7 Å². The van der Waals surface area contributed by atoms with E-state index in [1.807, 2.05) is 5.32 Å². The summed E-state index contributed by atoms with van der Waals surface area (Å²) in [6.07, 6.45) is -5.75. The van der Waals surface area contributed by atoms with Gasteiger partial charge in [0.15, 0.2) is 0 Å². The Bertz CT molecular complexity index is 469. The lowest BCUT2D eigenvalue weighted by Gasteiger charge is -2.27. The summed E-state index contributed by atoms with van der Waals surface area (Å²) in [7, 11) is 1.02. The van der Waals surface area contributed by atoms with Gasteiger partial charge in [0.25, 0.3) is 0 Å². The van der Waals surface area contributed by atoms with Crippen LogP contribution in [-0.2, 0) is 4.74 Å². The van der Waals surface area contributed by atoms with E-state index in [1.165, 1.54) is 6.92 Å². The van der Waals surface area contributed by atoms with Crippen LogP contribution in [0.3, 0.4) is 0 Å². The van der Waals surface area contributed by atoms with Crippen LogP contribution in [0, 0.1) is 0 Å². The fourth-order valence-electron chi connectivity index (χ4n) is 1.49. The molecule has 1 rings (SSSR count). The van der Waals surface area contributed by atoms with E-state index in [0.29, 0.717) is 0 Å². The lowest BCUT2D eigenvalue weighted by atomic mass is 10.1. The minimum atomic E-state index is -5.75. The second-order valence-electron chi connectivity index (χ2n) is 3.81. The van der Waals surface area contributed by atoms with Crippen LogP contribution in [0.25, 0.3) is 0 Å². The first-order valence-corrected chi connectivity index (χ1v) is 5.51. The number of esters is 1. The number of carbonyl (C=O) groups is 1. The van der Waals surface area contributed by atoms with Gasteiger partial charge in [0.05, 0.1) is 7.11 Å². The van der Waals surface area contributed by atoms with E-state index in [0.717, 1.165) is 19.2 Å². The fraction of sp³-hybridized carbons (Fsp3) is 0.545. The third-order valence-corrected chi connectivity index (χ3v) is 2.45. The molecular weight excluding hydrogens is 289 g/mol. The van der Waals surface area contributed by atoms with Gasteiger partial charge in [0.1, 0.15) is 11.8 Å². The van der Waals surface area contributed by atoms with Crippen molar-refractivity contribution in [1.29, 1.82) is 0 Å². The molecule has 4 nitrogen and oxygen atoms in total. The van der Waals surface area contributed by atoms with Crippen molar-refractivity contribution < 1.29 is 35.9 Å². The van der Waals surface area contributed by atoms with Gasteiger partial charge in [-0.2, -0.15) is 22.0 Å². The molecule has 0 amide bonds. The van der Waals surface area contributed by atoms with Crippen LogP contribution < -0.4 is 5.32 Å². The van der Waals surface area contributed by atoms with Gasteiger partial charge >= 0.3 is 18.1 Å². The molecule has 0 aliphatic heterocycles. The predicted octanol–water partition coefficient (Wildman–Crippen LogP) is 2.91. The lowest BCUT2D eigenvalue weighted by molar-refractivity contribution is -0.295. The van der Waals surface area contributed by atoms with E-state index in [1.54, 1.807) is 0 Å². The van der Waals surface area contributed by atoms with Gasteiger partial charge in [0, 0.05) is 0 Å². The van der Waals surface area contributed by atoms with E-state index < -0.39 is 35.6 Å². The van der Waals surface area contributed by atoms with E-state index in [4.69, 9.17) is 4.42 Å². The maximum absolute atomic E-state index is 13.4. The molecule has 0 spiro atoms. The van der Waals surface area contributed by atoms with Crippen LogP contribution in [-0.4, -0.2) is 31.7 Å². The smallest absolute Gasteiger partial charge is 0.455 e. The number of furan rings is 1. The first-order valence-electron chi connectivity index (χ1n) is 5.51. The summed E-state index contributed by atoms with van der Waals surface area (Å²) < 4.78 is 73.0. The number of rotatable bonds is 5. The van der Waals surface area contributed by atoms with Gasteiger partial charge in [-0.25, -0.2) is 4.79 Å². The monoisotopic (exact) mass is 301 g/mol. The predicted molar refractivity (Wildman–Crippen MR) is 57.5 cm³/mol. The highest BCUT2D eigenvalue weighted by Crippen LogP contribution is 2.44. The standard InChI is InChI=1S/C11H12F5NO3/c1-3-17-8(10(12,13)11(14,15)16)6-4-5-7(20-6)9(18)19-2/h4-5,8,17H,3H2,1-2H3. The Morgan fingerprint density at radius 1 is 1.35 bits per heavy atom. The van der Waals surface area contributed by atoms with Gasteiger partial charge in [-0.1, -0.05) is 6.92 Å². The van der Waals surface area contributed by atoms with Gasteiger partial charge in [-0.15, -0.1) is 0 Å². The number of hydrogen-bond donors (Lipinski definition) is 1. The zero-order valence-electron chi connectivity index (χ0n) is 10.6. The third kappa shape index (κ3) is 3.09. The summed E-state index contributed by atoms with van der Waals surface area (Å²) in [5, 5.41) is 2.00. The van der Waals surface area contributed by atoms with E-state index in [2.05, 4.69) is 4.74 Å². The first kappa shape index (κ1) is 16.4. The minimum Gasteiger partial charge on any atom is -0.463 e. The molecule has 0 fully saturated rings. The van der Waals surface area contributed by atoms with Crippen LogP contribution in [0.2, 0.25) is 0 Å². The van der Waals surface area contributed by atoms with Crippen molar-refractivity contribution in [3.05, 3.63) is 23.7 Å². The average Bonchev–Trinajstić information content (AvgIpc) is 2.82. The number of halogens is 5. The van der Waals surface area contributed by atoms with Crippen molar-refractivity contribution in [2.24, 2.45) is 0 Å². The highest BCUT2D eigenvalue weighted by Gasteiger charge is 2.63. The Morgan fingerprint density at radius 3 is 2.40 bits per heavy atom. The molecule has 1 N–H and O–H groups in total. The molecule has 0 bridgehead atoms. The number of ether oxygens (including phenoxy) is 1. The largest absolute Gasteiger partial charge is 0.463 e. The fourth-order valence-corrected chi connectivity index (χ4v) is 1.49. The van der Waals surface area contributed by atoms with Crippen molar-refractivity contribution in [3.63, 3.8) is 0 Å². The first-order chi connectivity index (χ1) is 9.15. The maximum Gasteiger partial charge on any atom is 0.455 e. The molecule has 0 aliphatic carbocycles. The zero-order chi connectivity index (χ0) is 15.6. The molecule has 20 heavy (non-hydrogen) atoms.